The van der Waals surface area contributed by atoms with E-state index in [1.807, 2.05) is 0 Å². The molecule has 1 amide bonds. The molecule has 17 heavy (non-hydrogen) atoms. The highest BCUT2D eigenvalue weighted by atomic mass is 16.2. The van der Waals surface area contributed by atoms with Crippen molar-refractivity contribution in [3.05, 3.63) is 0 Å². The highest BCUT2D eigenvalue weighted by Gasteiger charge is 2.54. The monoisotopic (exact) mass is 235 g/mol. The van der Waals surface area contributed by atoms with Crippen molar-refractivity contribution in [3.8, 4) is 0 Å². The summed E-state index contributed by atoms with van der Waals surface area (Å²) in [6.45, 7) is 1.74. The summed E-state index contributed by atoms with van der Waals surface area (Å²) in [5, 5.41) is 2.85. The summed E-state index contributed by atoms with van der Waals surface area (Å²) in [6, 6.07) is 0. The van der Waals surface area contributed by atoms with Crippen molar-refractivity contribution in [1.29, 1.82) is 0 Å². The Kier molecular flexibility index (Phi) is 2.53. The van der Waals surface area contributed by atoms with E-state index in [0.717, 1.165) is 37.0 Å². The number of nitrogens with one attached hydrogen (secondary N) is 1. The van der Waals surface area contributed by atoms with Crippen LogP contribution in [0.15, 0.2) is 0 Å². The average Bonchev–Trinajstić information content (AvgIpc) is 2.23. The van der Waals surface area contributed by atoms with E-state index in [1.54, 1.807) is 0 Å². The van der Waals surface area contributed by atoms with Crippen molar-refractivity contribution >= 4 is 11.7 Å². The lowest BCUT2D eigenvalue weighted by Crippen LogP contribution is -2.54. The van der Waals surface area contributed by atoms with Crippen LogP contribution in [0.5, 0.6) is 0 Å². The summed E-state index contributed by atoms with van der Waals surface area (Å²) in [5.41, 5.74) is -0.107. The molecule has 3 nitrogen and oxygen atoms in total. The maximum Gasteiger partial charge on any atom is 0.226 e. The van der Waals surface area contributed by atoms with Crippen LogP contribution in [0, 0.1) is 23.2 Å². The summed E-state index contributed by atoms with van der Waals surface area (Å²) < 4.78 is 0. The minimum Gasteiger partial charge on any atom is -0.349 e. The second-order valence-electron chi connectivity index (χ2n) is 6.58. The maximum absolute atomic E-state index is 12.3. The Labute approximate surface area is 102 Å². The Bertz CT molecular complexity index is 326. The van der Waals surface area contributed by atoms with Gasteiger partial charge in [0.15, 0.2) is 0 Å². The molecule has 1 N–H and O–H groups in total. The zero-order chi connectivity index (χ0) is 12.0. The third-order valence-electron chi connectivity index (χ3n) is 5.02. The number of carbonyl (C=O) groups is 2. The molecule has 4 bridgehead atoms. The quantitative estimate of drug-likeness (QED) is 0.812. The van der Waals surface area contributed by atoms with E-state index in [1.165, 1.54) is 26.2 Å². The van der Waals surface area contributed by atoms with Crippen LogP contribution in [0.2, 0.25) is 0 Å². The van der Waals surface area contributed by atoms with Gasteiger partial charge in [-0.25, -0.2) is 0 Å². The predicted octanol–water partition coefficient (Wildman–Crippen LogP) is 1.91. The molecule has 94 valence electrons. The van der Waals surface area contributed by atoms with Crippen LogP contribution in [-0.4, -0.2) is 18.2 Å². The van der Waals surface area contributed by atoms with Crippen molar-refractivity contribution in [2.75, 3.05) is 6.54 Å². The minimum absolute atomic E-state index is 0.0445. The first-order valence-electron chi connectivity index (χ1n) is 6.85. The van der Waals surface area contributed by atoms with E-state index in [-0.39, 0.29) is 23.7 Å². The van der Waals surface area contributed by atoms with Crippen molar-refractivity contribution < 1.29 is 9.59 Å². The Morgan fingerprint density at radius 3 is 1.94 bits per heavy atom. The molecule has 0 aliphatic heterocycles. The van der Waals surface area contributed by atoms with Crippen LogP contribution in [0.25, 0.3) is 0 Å². The maximum atomic E-state index is 12.3. The van der Waals surface area contributed by atoms with Crippen LogP contribution in [0.1, 0.15) is 45.4 Å². The summed E-state index contributed by atoms with van der Waals surface area (Å²) in [7, 11) is 0. The van der Waals surface area contributed by atoms with Gasteiger partial charge >= 0.3 is 0 Å². The number of hydrogen-bond acceptors (Lipinski definition) is 2. The molecule has 0 heterocycles. The normalized spacial score (nSPS) is 42.5. The van der Waals surface area contributed by atoms with Gasteiger partial charge in [0.1, 0.15) is 5.78 Å². The molecule has 0 saturated heterocycles. The second-order valence-corrected chi connectivity index (χ2v) is 6.58. The fraction of sp³-hybridized carbons (Fsp3) is 0.857. The van der Waals surface area contributed by atoms with E-state index in [2.05, 4.69) is 5.32 Å². The standard InChI is InChI=1S/C14H21NO2/c1-9(16)8-15-13(17)14-5-10-2-11(6-14)4-12(3-10)7-14/h10-12H,2-8H2,1H3,(H,15,17). The fourth-order valence-corrected chi connectivity index (χ4v) is 4.78. The van der Waals surface area contributed by atoms with Crippen LogP contribution in [0.4, 0.5) is 0 Å². The van der Waals surface area contributed by atoms with Gasteiger partial charge in [-0.15, -0.1) is 0 Å². The average molecular weight is 235 g/mol. The van der Waals surface area contributed by atoms with E-state index < -0.39 is 0 Å². The van der Waals surface area contributed by atoms with Crippen LogP contribution in [-0.2, 0) is 9.59 Å². The predicted molar refractivity (Wildman–Crippen MR) is 64.3 cm³/mol. The van der Waals surface area contributed by atoms with Gasteiger partial charge in [-0.3, -0.25) is 9.59 Å². The van der Waals surface area contributed by atoms with Gasteiger partial charge in [0, 0.05) is 5.41 Å². The zero-order valence-electron chi connectivity index (χ0n) is 10.5. The van der Waals surface area contributed by atoms with Gasteiger partial charge in [0.05, 0.1) is 6.54 Å². The first kappa shape index (κ1) is 11.2. The van der Waals surface area contributed by atoms with Gasteiger partial charge in [0.25, 0.3) is 0 Å². The lowest BCUT2D eigenvalue weighted by atomic mass is 9.49. The number of rotatable bonds is 3. The summed E-state index contributed by atoms with van der Waals surface area (Å²) in [4.78, 5) is 23.3. The number of amides is 1. The van der Waals surface area contributed by atoms with Gasteiger partial charge < -0.3 is 5.32 Å². The van der Waals surface area contributed by atoms with Gasteiger partial charge in [-0.2, -0.15) is 0 Å². The van der Waals surface area contributed by atoms with E-state index >= 15 is 0 Å². The Morgan fingerprint density at radius 1 is 1.06 bits per heavy atom. The third-order valence-corrected chi connectivity index (χ3v) is 5.02. The van der Waals surface area contributed by atoms with Crippen molar-refractivity contribution in [2.45, 2.75) is 45.4 Å². The van der Waals surface area contributed by atoms with E-state index in [4.69, 9.17) is 0 Å². The number of carbonyl (C=O) groups excluding carboxylic acids is 2. The molecule has 4 aliphatic rings. The van der Waals surface area contributed by atoms with Gasteiger partial charge in [0.2, 0.25) is 5.91 Å². The first-order valence-corrected chi connectivity index (χ1v) is 6.85. The Morgan fingerprint density at radius 2 is 1.53 bits per heavy atom. The largest absolute Gasteiger partial charge is 0.349 e. The summed E-state index contributed by atoms with van der Waals surface area (Å²) in [6.07, 6.45) is 7.26. The molecule has 0 radical (unpaired) electrons. The highest BCUT2D eigenvalue weighted by Crippen LogP contribution is 2.60. The van der Waals surface area contributed by atoms with Crippen LogP contribution in [0.3, 0.4) is 0 Å². The molecule has 0 aromatic carbocycles. The van der Waals surface area contributed by atoms with Crippen LogP contribution < -0.4 is 5.32 Å². The van der Waals surface area contributed by atoms with Crippen molar-refractivity contribution in [3.63, 3.8) is 0 Å². The topological polar surface area (TPSA) is 46.2 Å². The lowest BCUT2D eigenvalue weighted by Gasteiger charge is -2.55. The number of Topliss-reactive ketones (excluding diaryl/α,β-unsaturated/α-hetero) is 1. The number of ketones is 1. The van der Waals surface area contributed by atoms with Crippen LogP contribution >= 0.6 is 0 Å². The highest BCUT2D eigenvalue weighted by molar-refractivity contribution is 5.88. The molecular formula is C14H21NO2. The fourth-order valence-electron chi connectivity index (χ4n) is 4.78. The zero-order valence-corrected chi connectivity index (χ0v) is 10.5. The Hall–Kier alpha value is -0.860. The van der Waals surface area contributed by atoms with Gasteiger partial charge in [-0.1, -0.05) is 0 Å². The van der Waals surface area contributed by atoms with E-state index in [9.17, 15) is 9.59 Å². The van der Waals surface area contributed by atoms with Crippen molar-refractivity contribution in [2.24, 2.45) is 23.2 Å². The lowest BCUT2D eigenvalue weighted by molar-refractivity contribution is -0.146. The Balaban J connectivity index is 1.73. The molecule has 0 unspecified atom stereocenters. The van der Waals surface area contributed by atoms with E-state index in [0.29, 0.717) is 0 Å². The molecule has 4 aliphatic carbocycles. The summed E-state index contributed by atoms with van der Waals surface area (Å²) in [5.74, 6) is 2.55. The molecule has 3 heteroatoms. The smallest absolute Gasteiger partial charge is 0.226 e. The number of hydrogen-bond donors (Lipinski definition) is 1. The first-order chi connectivity index (χ1) is 8.07. The molecule has 0 atom stereocenters. The van der Waals surface area contributed by atoms with Crippen molar-refractivity contribution in [1.82, 2.24) is 5.32 Å². The molecular weight excluding hydrogens is 214 g/mol. The molecule has 0 spiro atoms. The molecule has 0 aromatic heterocycles. The molecule has 4 saturated carbocycles. The third kappa shape index (κ3) is 1.90. The molecule has 0 aromatic rings. The SMILES string of the molecule is CC(=O)CNC(=O)C12CC3CC(CC(C3)C1)C2. The molecule has 4 rings (SSSR count). The van der Waals surface area contributed by atoms with Gasteiger partial charge in [-0.05, 0) is 63.2 Å². The molecule has 4 fully saturated rings. The summed E-state index contributed by atoms with van der Waals surface area (Å²) >= 11 is 0. The second kappa shape index (κ2) is 3.82. The minimum atomic E-state index is -0.107.